The molecular weight excluding hydrogens is 302 g/mol. The van der Waals surface area contributed by atoms with E-state index in [1.807, 2.05) is 48.7 Å². The molecule has 1 atom stereocenters. The van der Waals surface area contributed by atoms with Crippen molar-refractivity contribution in [3.8, 4) is 0 Å². The molecule has 24 heavy (non-hydrogen) atoms. The van der Waals surface area contributed by atoms with Gasteiger partial charge in [0.15, 0.2) is 0 Å². The van der Waals surface area contributed by atoms with Crippen LogP contribution in [0.3, 0.4) is 0 Å². The standard InChI is InChI=1S/C19H25N3O2/c1-13-7-5-6-8-16(13)11-18(23)22-9-10-24-12-17(22)19-14(2)20-21(4)15(19)3/h5-8,17H,9-12H2,1-4H3/t17-/m0/s1. The van der Waals surface area contributed by atoms with E-state index in [-0.39, 0.29) is 11.9 Å². The number of hydrogen-bond donors (Lipinski definition) is 0. The lowest BCUT2D eigenvalue weighted by molar-refractivity contribution is -0.139. The second-order valence-electron chi connectivity index (χ2n) is 6.49. The van der Waals surface area contributed by atoms with E-state index in [1.165, 1.54) is 0 Å². The summed E-state index contributed by atoms with van der Waals surface area (Å²) in [6, 6.07) is 8.02. The number of aromatic nitrogens is 2. The minimum Gasteiger partial charge on any atom is -0.377 e. The average Bonchev–Trinajstić information content (AvgIpc) is 2.82. The first-order valence-corrected chi connectivity index (χ1v) is 8.41. The van der Waals surface area contributed by atoms with Crippen molar-refractivity contribution in [2.24, 2.45) is 7.05 Å². The minimum absolute atomic E-state index is 0.0519. The monoisotopic (exact) mass is 327 g/mol. The molecule has 3 rings (SSSR count). The topological polar surface area (TPSA) is 47.4 Å². The zero-order valence-electron chi connectivity index (χ0n) is 14.9. The third-order valence-corrected chi connectivity index (χ3v) is 4.95. The molecule has 0 bridgehead atoms. The molecule has 1 aromatic carbocycles. The number of carbonyl (C=O) groups is 1. The fourth-order valence-electron chi connectivity index (χ4n) is 3.49. The maximum atomic E-state index is 13.0. The number of morpholine rings is 1. The normalized spacial score (nSPS) is 18.0. The number of benzene rings is 1. The molecule has 1 aliphatic rings. The summed E-state index contributed by atoms with van der Waals surface area (Å²) in [6.45, 7) is 7.86. The zero-order valence-corrected chi connectivity index (χ0v) is 14.9. The molecule has 1 amide bonds. The maximum absolute atomic E-state index is 13.0. The van der Waals surface area contributed by atoms with Gasteiger partial charge in [-0.2, -0.15) is 5.10 Å². The smallest absolute Gasteiger partial charge is 0.227 e. The lowest BCUT2D eigenvalue weighted by Gasteiger charge is -2.36. The first kappa shape index (κ1) is 16.7. The van der Waals surface area contributed by atoms with Crippen LogP contribution in [0.25, 0.3) is 0 Å². The first-order chi connectivity index (χ1) is 11.5. The van der Waals surface area contributed by atoms with Crippen LogP contribution in [0.4, 0.5) is 0 Å². The molecule has 0 aliphatic carbocycles. The SMILES string of the molecule is Cc1ccccc1CC(=O)N1CCOC[C@H]1c1c(C)nn(C)c1C. The highest BCUT2D eigenvalue weighted by Gasteiger charge is 2.32. The molecule has 2 heterocycles. The third kappa shape index (κ3) is 3.08. The van der Waals surface area contributed by atoms with Gasteiger partial charge in [-0.3, -0.25) is 9.48 Å². The van der Waals surface area contributed by atoms with Gasteiger partial charge in [0.05, 0.1) is 31.4 Å². The van der Waals surface area contributed by atoms with Gasteiger partial charge in [0.25, 0.3) is 0 Å². The van der Waals surface area contributed by atoms with E-state index in [1.54, 1.807) is 0 Å². The van der Waals surface area contributed by atoms with Gasteiger partial charge in [0, 0.05) is 24.8 Å². The Hall–Kier alpha value is -2.14. The summed E-state index contributed by atoms with van der Waals surface area (Å²) in [7, 11) is 1.94. The largest absolute Gasteiger partial charge is 0.377 e. The van der Waals surface area contributed by atoms with Crippen LogP contribution in [-0.4, -0.2) is 40.3 Å². The van der Waals surface area contributed by atoms with Crippen LogP contribution in [0.1, 0.15) is 34.1 Å². The quantitative estimate of drug-likeness (QED) is 0.870. The van der Waals surface area contributed by atoms with Crippen molar-refractivity contribution in [2.45, 2.75) is 33.2 Å². The van der Waals surface area contributed by atoms with E-state index in [0.717, 1.165) is 28.1 Å². The summed E-state index contributed by atoms with van der Waals surface area (Å²) in [5.74, 6) is 0.153. The van der Waals surface area contributed by atoms with Gasteiger partial charge in [-0.15, -0.1) is 0 Å². The molecule has 1 fully saturated rings. The van der Waals surface area contributed by atoms with E-state index in [0.29, 0.717) is 26.2 Å². The highest BCUT2D eigenvalue weighted by molar-refractivity contribution is 5.79. The van der Waals surface area contributed by atoms with Gasteiger partial charge in [-0.05, 0) is 31.9 Å². The molecule has 1 aliphatic heterocycles. The van der Waals surface area contributed by atoms with E-state index < -0.39 is 0 Å². The lowest BCUT2D eigenvalue weighted by Crippen LogP contribution is -2.44. The second kappa shape index (κ2) is 6.77. The molecule has 0 saturated carbocycles. The Morgan fingerprint density at radius 1 is 1.29 bits per heavy atom. The molecule has 0 unspecified atom stereocenters. The van der Waals surface area contributed by atoms with Crippen LogP contribution < -0.4 is 0 Å². The molecule has 1 saturated heterocycles. The van der Waals surface area contributed by atoms with Crippen LogP contribution in [0.5, 0.6) is 0 Å². The van der Waals surface area contributed by atoms with Crippen molar-refractivity contribution < 1.29 is 9.53 Å². The molecule has 1 aromatic heterocycles. The molecule has 0 spiro atoms. The Morgan fingerprint density at radius 2 is 2.04 bits per heavy atom. The van der Waals surface area contributed by atoms with Crippen LogP contribution in [0.15, 0.2) is 24.3 Å². The molecule has 5 nitrogen and oxygen atoms in total. The van der Waals surface area contributed by atoms with Crippen LogP contribution in [-0.2, 0) is 23.0 Å². The molecule has 0 radical (unpaired) electrons. The highest BCUT2D eigenvalue weighted by Crippen LogP contribution is 2.29. The summed E-state index contributed by atoms with van der Waals surface area (Å²) in [5, 5.41) is 4.50. The number of carbonyl (C=O) groups excluding carboxylic acids is 1. The third-order valence-electron chi connectivity index (χ3n) is 4.95. The minimum atomic E-state index is -0.0519. The number of aryl methyl sites for hydroxylation is 3. The Labute approximate surface area is 143 Å². The number of nitrogens with zero attached hydrogens (tertiary/aromatic N) is 3. The molecule has 0 N–H and O–H groups in total. The Kier molecular flexibility index (Phi) is 4.71. The van der Waals surface area contributed by atoms with Crippen molar-refractivity contribution in [1.29, 1.82) is 0 Å². The van der Waals surface area contributed by atoms with Gasteiger partial charge in [-0.1, -0.05) is 24.3 Å². The molecule has 128 valence electrons. The van der Waals surface area contributed by atoms with Crippen LogP contribution >= 0.6 is 0 Å². The van der Waals surface area contributed by atoms with Crippen molar-refractivity contribution in [3.05, 3.63) is 52.3 Å². The zero-order chi connectivity index (χ0) is 17.3. The van der Waals surface area contributed by atoms with Gasteiger partial charge < -0.3 is 9.64 Å². The fraction of sp³-hybridized carbons (Fsp3) is 0.474. The summed E-state index contributed by atoms with van der Waals surface area (Å²) in [6.07, 6.45) is 0.432. The first-order valence-electron chi connectivity index (χ1n) is 8.41. The Balaban J connectivity index is 1.87. The van der Waals surface area contributed by atoms with E-state index >= 15 is 0 Å². The molecular formula is C19H25N3O2. The predicted octanol–water partition coefficient (Wildman–Crippen LogP) is 2.49. The van der Waals surface area contributed by atoms with Gasteiger partial charge in [0.2, 0.25) is 5.91 Å². The maximum Gasteiger partial charge on any atom is 0.227 e. The van der Waals surface area contributed by atoms with E-state index in [2.05, 4.69) is 18.1 Å². The van der Waals surface area contributed by atoms with E-state index in [9.17, 15) is 4.79 Å². The highest BCUT2D eigenvalue weighted by atomic mass is 16.5. The van der Waals surface area contributed by atoms with Crippen LogP contribution in [0.2, 0.25) is 0 Å². The van der Waals surface area contributed by atoms with Crippen LogP contribution in [0, 0.1) is 20.8 Å². The van der Waals surface area contributed by atoms with Gasteiger partial charge in [-0.25, -0.2) is 0 Å². The average molecular weight is 327 g/mol. The fourth-order valence-corrected chi connectivity index (χ4v) is 3.49. The van der Waals surface area contributed by atoms with Crippen molar-refractivity contribution >= 4 is 5.91 Å². The Bertz CT molecular complexity index is 751. The second-order valence-corrected chi connectivity index (χ2v) is 6.49. The summed E-state index contributed by atoms with van der Waals surface area (Å²) >= 11 is 0. The number of amides is 1. The molecule has 5 heteroatoms. The summed E-state index contributed by atoms with van der Waals surface area (Å²) in [4.78, 5) is 14.9. The van der Waals surface area contributed by atoms with Gasteiger partial charge in [0.1, 0.15) is 0 Å². The predicted molar refractivity (Wildman–Crippen MR) is 92.8 cm³/mol. The van der Waals surface area contributed by atoms with Crippen molar-refractivity contribution in [2.75, 3.05) is 19.8 Å². The number of ether oxygens (including phenoxy) is 1. The number of hydrogen-bond acceptors (Lipinski definition) is 3. The number of rotatable bonds is 3. The summed E-state index contributed by atoms with van der Waals surface area (Å²) < 4.78 is 7.56. The molecule has 2 aromatic rings. The van der Waals surface area contributed by atoms with Crippen molar-refractivity contribution in [1.82, 2.24) is 14.7 Å². The van der Waals surface area contributed by atoms with Crippen molar-refractivity contribution in [3.63, 3.8) is 0 Å². The van der Waals surface area contributed by atoms with Gasteiger partial charge >= 0.3 is 0 Å². The lowest BCUT2D eigenvalue weighted by atomic mass is 10.0. The Morgan fingerprint density at radius 3 is 2.71 bits per heavy atom. The summed E-state index contributed by atoms with van der Waals surface area (Å²) in [5.41, 5.74) is 5.43. The van der Waals surface area contributed by atoms with E-state index in [4.69, 9.17) is 4.74 Å².